The lowest BCUT2D eigenvalue weighted by atomic mass is 10.0. The number of aliphatic hydroxyl groups is 1. The summed E-state index contributed by atoms with van der Waals surface area (Å²) in [6.45, 7) is 1.55. The van der Waals surface area contributed by atoms with Crippen molar-refractivity contribution in [2.75, 3.05) is 31.6 Å². The maximum Gasteiger partial charge on any atom is 0.414 e. The van der Waals surface area contributed by atoms with Crippen molar-refractivity contribution < 1.29 is 37.3 Å². The Kier molecular flexibility index (Phi) is 6.89. The van der Waals surface area contributed by atoms with Gasteiger partial charge in [0.05, 0.1) is 6.61 Å². The molecule has 1 aromatic carbocycles. The lowest BCUT2D eigenvalue weighted by Gasteiger charge is -2.22. The normalized spacial score (nSPS) is 18.1. The Hall–Kier alpha value is -2.49. The van der Waals surface area contributed by atoms with E-state index in [1.807, 2.05) is 0 Å². The van der Waals surface area contributed by atoms with Gasteiger partial charge in [-0.25, -0.2) is 9.59 Å². The molecule has 1 aromatic rings. The number of alkyl halides is 3. The molecule has 0 aliphatic carbocycles. The van der Waals surface area contributed by atoms with Gasteiger partial charge in [0.25, 0.3) is 0 Å². The van der Waals surface area contributed by atoms with Gasteiger partial charge >= 0.3 is 18.2 Å². The largest absolute Gasteiger partial charge is 0.482 e. The van der Waals surface area contributed by atoms with E-state index in [0.29, 0.717) is 11.4 Å². The zero-order valence-electron chi connectivity index (χ0n) is 14.7. The molecule has 0 bridgehead atoms. The molecule has 0 aromatic heterocycles. The van der Waals surface area contributed by atoms with E-state index in [2.05, 4.69) is 5.32 Å². The molecule has 27 heavy (non-hydrogen) atoms. The van der Waals surface area contributed by atoms with Gasteiger partial charge in [0.1, 0.15) is 5.75 Å². The van der Waals surface area contributed by atoms with E-state index in [0.717, 1.165) is 0 Å². The summed E-state index contributed by atoms with van der Waals surface area (Å²) in [5, 5.41) is 11.9. The maximum absolute atomic E-state index is 12.6. The molecule has 0 spiro atoms. The van der Waals surface area contributed by atoms with Crippen molar-refractivity contribution in [2.24, 2.45) is 5.92 Å². The Morgan fingerprint density at radius 3 is 2.81 bits per heavy atom. The zero-order valence-corrected chi connectivity index (χ0v) is 14.7. The molecule has 1 saturated heterocycles. The Morgan fingerprint density at radius 1 is 1.41 bits per heavy atom. The van der Waals surface area contributed by atoms with E-state index in [9.17, 15) is 27.9 Å². The molecule has 0 radical (unpaired) electrons. The quantitative estimate of drug-likeness (QED) is 0.729. The first-order chi connectivity index (χ1) is 12.7. The molecule has 10 heteroatoms. The number of esters is 1. The molecule has 2 N–H and O–H groups in total. The second kappa shape index (κ2) is 8.94. The van der Waals surface area contributed by atoms with Crippen LogP contribution >= 0.6 is 0 Å². The smallest absolute Gasteiger partial charge is 0.414 e. The Balaban J connectivity index is 1.89. The van der Waals surface area contributed by atoms with Crippen LogP contribution in [0.25, 0.3) is 0 Å². The molecule has 0 saturated carbocycles. The van der Waals surface area contributed by atoms with E-state index < -0.39 is 30.2 Å². The Bertz CT molecular complexity index is 668. The number of nitrogens with zero attached hydrogens (tertiary/aromatic N) is 1. The standard InChI is InChI=1S/C17H21F3N2O5/c1-2-26-14(23)10-27-13-5-3-4-12(8-13)21-16(25)22-7-6-11(9-22)15(24)17(18,19)20/h3-5,8,11,15,24H,2,6-7,9-10H2,1H3,(H,21,25). The first kappa shape index (κ1) is 20.8. The van der Waals surface area contributed by atoms with Crippen LogP contribution in [0, 0.1) is 5.92 Å². The number of nitrogens with one attached hydrogen (secondary N) is 1. The molecule has 2 unspecified atom stereocenters. The fourth-order valence-electron chi connectivity index (χ4n) is 2.71. The summed E-state index contributed by atoms with van der Waals surface area (Å²) < 4.78 is 47.7. The van der Waals surface area contributed by atoms with Gasteiger partial charge in [-0.1, -0.05) is 6.07 Å². The van der Waals surface area contributed by atoms with E-state index >= 15 is 0 Å². The minimum atomic E-state index is -4.71. The number of ether oxygens (including phenoxy) is 2. The average Bonchev–Trinajstić information content (AvgIpc) is 3.09. The number of hydrogen-bond donors (Lipinski definition) is 2. The van der Waals surface area contributed by atoms with E-state index in [1.54, 1.807) is 25.1 Å². The van der Waals surface area contributed by atoms with Gasteiger partial charge in [0.2, 0.25) is 0 Å². The molecule has 150 valence electrons. The van der Waals surface area contributed by atoms with Crippen molar-refractivity contribution in [3.8, 4) is 5.75 Å². The van der Waals surface area contributed by atoms with Crippen molar-refractivity contribution in [1.82, 2.24) is 4.90 Å². The van der Waals surface area contributed by atoms with E-state index in [4.69, 9.17) is 9.47 Å². The number of rotatable bonds is 6. The minimum Gasteiger partial charge on any atom is -0.482 e. The molecule has 2 rings (SSSR count). The fourth-order valence-corrected chi connectivity index (χ4v) is 2.71. The molecule has 2 atom stereocenters. The van der Waals surface area contributed by atoms with E-state index in [1.165, 1.54) is 11.0 Å². The summed E-state index contributed by atoms with van der Waals surface area (Å²) in [6, 6.07) is 5.66. The van der Waals surface area contributed by atoms with Crippen molar-refractivity contribution in [3.63, 3.8) is 0 Å². The number of aliphatic hydroxyl groups excluding tert-OH is 1. The summed E-state index contributed by atoms with van der Waals surface area (Å²) in [6.07, 6.45) is -7.09. The van der Waals surface area contributed by atoms with E-state index in [-0.39, 0.29) is 32.7 Å². The highest BCUT2D eigenvalue weighted by atomic mass is 19.4. The summed E-state index contributed by atoms with van der Waals surface area (Å²) >= 11 is 0. The van der Waals surface area contributed by atoms with Crippen LogP contribution in [-0.2, 0) is 9.53 Å². The number of carbonyl (C=O) groups excluding carboxylic acids is 2. The summed E-state index contributed by atoms with van der Waals surface area (Å²) in [7, 11) is 0. The Morgan fingerprint density at radius 2 is 2.15 bits per heavy atom. The van der Waals surface area contributed by atoms with Gasteiger partial charge in [0, 0.05) is 30.8 Å². The average molecular weight is 390 g/mol. The lowest BCUT2D eigenvalue weighted by Crippen LogP contribution is -2.39. The molecule has 1 aliphatic heterocycles. The molecule has 1 heterocycles. The fraction of sp³-hybridized carbons (Fsp3) is 0.529. The highest BCUT2D eigenvalue weighted by Gasteiger charge is 2.46. The van der Waals surface area contributed by atoms with Crippen LogP contribution < -0.4 is 10.1 Å². The first-order valence-electron chi connectivity index (χ1n) is 8.40. The van der Waals surface area contributed by atoms with Crippen LogP contribution in [0.1, 0.15) is 13.3 Å². The third-order valence-corrected chi connectivity index (χ3v) is 4.04. The van der Waals surface area contributed by atoms with Crippen molar-refractivity contribution in [2.45, 2.75) is 25.6 Å². The van der Waals surface area contributed by atoms with Crippen LogP contribution in [0.2, 0.25) is 0 Å². The second-order valence-corrected chi connectivity index (χ2v) is 6.03. The van der Waals surface area contributed by atoms with Crippen LogP contribution in [0.3, 0.4) is 0 Å². The highest BCUT2D eigenvalue weighted by Crippen LogP contribution is 2.31. The van der Waals surface area contributed by atoms with Crippen molar-refractivity contribution in [3.05, 3.63) is 24.3 Å². The van der Waals surface area contributed by atoms with Gasteiger partial charge in [-0.05, 0) is 25.5 Å². The number of likely N-dealkylation sites (tertiary alicyclic amines) is 1. The SMILES string of the molecule is CCOC(=O)COc1cccc(NC(=O)N2CCC(C(O)C(F)(F)F)C2)c1. The van der Waals surface area contributed by atoms with Crippen LogP contribution in [0.5, 0.6) is 5.75 Å². The van der Waals surface area contributed by atoms with Gasteiger partial charge in [-0.3, -0.25) is 0 Å². The predicted octanol–water partition coefficient (Wildman–Crippen LogP) is 2.41. The molecular formula is C17H21F3N2O5. The zero-order chi connectivity index (χ0) is 20.0. The third-order valence-electron chi connectivity index (χ3n) is 4.04. The number of benzene rings is 1. The molecule has 7 nitrogen and oxygen atoms in total. The number of anilines is 1. The number of carbonyl (C=O) groups is 2. The van der Waals surface area contributed by atoms with Crippen LogP contribution in [-0.4, -0.2) is 60.6 Å². The number of urea groups is 1. The monoisotopic (exact) mass is 390 g/mol. The van der Waals surface area contributed by atoms with Gasteiger partial charge < -0.3 is 24.8 Å². The lowest BCUT2D eigenvalue weighted by molar-refractivity contribution is -0.217. The van der Waals surface area contributed by atoms with Gasteiger partial charge in [-0.15, -0.1) is 0 Å². The number of halogens is 3. The van der Waals surface area contributed by atoms with Gasteiger partial charge in [-0.2, -0.15) is 13.2 Å². The molecule has 2 amide bonds. The minimum absolute atomic E-state index is 0.0663. The highest BCUT2D eigenvalue weighted by molar-refractivity contribution is 5.89. The topological polar surface area (TPSA) is 88.1 Å². The van der Waals surface area contributed by atoms with Crippen LogP contribution in [0.4, 0.5) is 23.7 Å². The second-order valence-electron chi connectivity index (χ2n) is 6.03. The number of hydrogen-bond acceptors (Lipinski definition) is 5. The van der Waals surface area contributed by atoms with Crippen molar-refractivity contribution >= 4 is 17.7 Å². The number of amides is 2. The predicted molar refractivity (Wildman–Crippen MR) is 89.3 cm³/mol. The molecule has 1 aliphatic rings. The first-order valence-corrected chi connectivity index (χ1v) is 8.40. The summed E-state index contributed by atoms with van der Waals surface area (Å²) in [5.74, 6) is -1.25. The summed E-state index contributed by atoms with van der Waals surface area (Å²) in [4.78, 5) is 24.7. The summed E-state index contributed by atoms with van der Waals surface area (Å²) in [5.41, 5.74) is 0.362. The molecule has 1 fully saturated rings. The third kappa shape index (κ3) is 6.02. The maximum atomic E-state index is 12.6. The molecular weight excluding hydrogens is 369 g/mol. The van der Waals surface area contributed by atoms with Crippen LogP contribution in [0.15, 0.2) is 24.3 Å². The van der Waals surface area contributed by atoms with Gasteiger partial charge in [0.15, 0.2) is 12.7 Å². The Labute approximate surface area is 154 Å². The van der Waals surface area contributed by atoms with Crippen molar-refractivity contribution in [1.29, 1.82) is 0 Å².